The van der Waals surface area contributed by atoms with E-state index in [1.807, 2.05) is 6.92 Å². The highest BCUT2D eigenvalue weighted by Crippen LogP contribution is 2.25. The van der Waals surface area contributed by atoms with Crippen LogP contribution in [0.15, 0.2) is 34.7 Å². The molecule has 0 bridgehead atoms. The van der Waals surface area contributed by atoms with Gasteiger partial charge in [0.25, 0.3) is 5.91 Å². The first-order valence-corrected chi connectivity index (χ1v) is 8.82. The van der Waals surface area contributed by atoms with Crippen LogP contribution in [0.2, 0.25) is 10.0 Å². The van der Waals surface area contributed by atoms with Crippen molar-refractivity contribution < 1.29 is 18.7 Å². The first-order chi connectivity index (χ1) is 12.4. The molecule has 2 aromatic rings. The smallest absolute Gasteiger partial charge is 0.290 e. The second kappa shape index (κ2) is 9.62. The zero-order valence-electron chi connectivity index (χ0n) is 14.6. The molecule has 2 amide bonds. The molecule has 0 aliphatic heterocycles. The minimum absolute atomic E-state index is 0.119. The lowest BCUT2D eigenvalue weighted by atomic mass is 10.3. The van der Waals surface area contributed by atoms with Gasteiger partial charge >= 0.3 is 0 Å². The summed E-state index contributed by atoms with van der Waals surface area (Å²) >= 11 is 11.9. The highest BCUT2D eigenvalue weighted by Gasteiger charge is 2.21. The fourth-order valence-electron chi connectivity index (χ4n) is 2.34. The normalized spacial score (nSPS) is 10.6. The predicted molar refractivity (Wildman–Crippen MR) is 101 cm³/mol. The van der Waals surface area contributed by atoms with Crippen molar-refractivity contribution in [2.75, 3.05) is 25.5 Å². The lowest BCUT2D eigenvalue weighted by molar-refractivity contribution is -0.116. The van der Waals surface area contributed by atoms with Crippen LogP contribution in [0.5, 0.6) is 0 Å². The SMILES string of the molecule is CCCN(CC(=O)Nc1ccc(Cl)cc1Cl)C(=O)c1ccc(COC)o1. The molecule has 1 aromatic heterocycles. The minimum atomic E-state index is -0.361. The van der Waals surface area contributed by atoms with Crippen LogP contribution in [0, 0.1) is 0 Å². The first-order valence-electron chi connectivity index (χ1n) is 8.06. The van der Waals surface area contributed by atoms with E-state index in [1.54, 1.807) is 31.4 Å². The highest BCUT2D eigenvalue weighted by atomic mass is 35.5. The topological polar surface area (TPSA) is 71.8 Å². The third kappa shape index (κ3) is 5.49. The number of halogens is 2. The van der Waals surface area contributed by atoms with Gasteiger partial charge < -0.3 is 19.4 Å². The summed E-state index contributed by atoms with van der Waals surface area (Å²) < 4.78 is 10.4. The van der Waals surface area contributed by atoms with Gasteiger partial charge in [0.05, 0.1) is 10.7 Å². The van der Waals surface area contributed by atoms with Crippen molar-refractivity contribution in [1.82, 2.24) is 4.90 Å². The lowest BCUT2D eigenvalue weighted by Crippen LogP contribution is -2.38. The van der Waals surface area contributed by atoms with E-state index in [0.717, 1.165) is 0 Å². The van der Waals surface area contributed by atoms with E-state index in [2.05, 4.69) is 5.32 Å². The Kier molecular flexibility index (Phi) is 7.50. The van der Waals surface area contributed by atoms with Gasteiger partial charge in [0.15, 0.2) is 5.76 Å². The molecule has 0 saturated carbocycles. The predicted octanol–water partition coefficient (Wildman–Crippen LogP) is 4.22. The Morgan fingerprint density at radius 3 is 2.65 bits per heavy atom. The largest absolute Gasteiger partial charge is 0.453 e. The summed E-state index contributed by atoms with van der Waals surface area (Å²) in [6.07, 6.45) is 0.701. The molecule has 0 aliphatic carbocycles. The van der Waals surface area contributed by atoms with E-state index >= 15 is 0 Å². The molecule has 26 heavy (non-hydrogen) atoms. The van der Waals surface area contributed by atoms with Gasteiger partial charge in [0, 0.05) is 18.7 Å². The third-order valence-electron chi connectivity index (χ3n) is 3.48. The standard InChI is InChI=1S/C18H20Cl2N2O4/c1-3-8-22(18(24)16-7-5-13(26-16)11-25-2)10-17(23)21-15-6-4-12(19)9-14(15)20/h4-7,9H,3,8,10-11H2,1-2H3,(H,21,23). The van der Waals surface area contributed by atoms with Crippen LogP contribution in [0.4, 0.5) is 5.69 Å². The molecule has 1 N–H and O–H groups in total. The first kappa shape index (κ1) is 20.3. The van der Waals surface area contributed by atoms with E-state index in [-0.39, 0.29) is 30.7 Å². The van der Waals surface area contributed by atoms with Crippen molar-refractivity contribution in [3.63, 3.8) is 0 Å². The molecule has 0 aliphatic rings. The van der Waals surface area contributed by atoms with Crippen LogP contribution in [0.25, 0.3) is 0 Å². The van der Waals surface area contributed by atoms with Crippen molar-refractivity contribution in [2.24, 2.45) is 0 Å². The van der Waals surface area contributed by atoms with E-state index in [0.29, 0.717) is 34.5 Å². The van der Waals surface area contributed by atoms with Crippen LogP contribution < -0.4 is 5.32 Å². The van der Waals surface area contributed by atoms with Gasteiger partial charge in [-0.25, -0.2) is 0 Å². The summed E-state index contributed by atoms with van der Waals surface area (Å²) in [5.41, 5.74) is 0.436. The maximum absolute atomic E-state index is 12.6. The third-order valence-corrected chi connectivity index (χ3v) is 4.03. The van der Waals surface area contributed by atoms with Gasteiger partial charge in [0.1, 0.15) is 18.9 Å². The van der Waals surface area contributed by atoms with Crippen molar-refractivity contribution in [1.29, 1.82) is 0 Å². The fraction of sp³-hybridized carbons (Fsp3) is 0.333. The summed E-state index contributed by atoms with van der Waals surface area (Å²) in [6.45, 7) is 2.50. The summed E-state index contributed by atoms with van der Waals surface area (Å²) in [4.78, 5) is 26.4. The van der Waals surface area contributed by atoms with Gasteiger partial charge in [0.2, 0.25) is 5.91 Å². The molecule has 0 spiro atoms. The number of anilines is 1. The number of nitrogens with zero attached hydrogens (tertiary/aromatic N) is 1. The summed E-state index contributed by atoms with van der Waals surface area (Å²) in [6, 6.07) is 8.02. The molecule has 2 rings (SSSR count). The second-order valence-corrected chi connectivity index (χ2v) is 6.44. The molecule has 0 unspecified atom stereocenters. The Labute approximate surface area is 162 Å². The molecular formula is C18H20Cl2N2O4. The number of nitrogens with one attached hydrogen (secondary N) is 1. The quantitative estimate of drug-likeness (QED) is 0.722. The fourth-order valence-corrected chi connectivity index (χ4v) is 2.80. The van der Waals surface area contributed by atoms with Crippen LogP contribution in [-0.4, -0.2) is 36.9 Å². The number of carbonyl (C=O) groups excluding carboxylic acids is 2. The Hall–Kier alpha value is -2.02. The number of rotatable bonds is 8. The van der Waals surface area contributed by atoms with Crippen LogP contribution >= 0.6 is 23.2 Å². The van der Waals surface area contributed by atoms with Crippen molar-refractivity contribution >= 4 is 40.7 Å². The van der Waals surface area contributed by atoms with E-state index < -0.39 is 0 Å². The molecule has 0 saturated heterocycles. The highest BCUT2D eigenvalue weighted by molar-refractivity contribution is 6.36. The van der Waals surface area contributed by atoms with Crippen LogP contribution in [0.3, 0.4) is 0 Å². The molecule has 6 nitrogen and oxygen atoms in total. The maximum Gasteiger partial charge on any atom is 0.290 e. The number of amides is 2. The molecule has 0 fully saturated rings. The molecule has 1 heterocycles. The molecular weight excluding hydrogens is 379 g/mol. The maximum atomic E-state index is 12.6. The number of furan rings is 1. The second-order valence-electron chi connectivity index (χ2n) is 5.60. The van der Waals surface area contributed by atoms with Gasteiger partial charge in [-0.3, -0.25) is 9.59 Å². The molecule has 8 heteroatoms. The number of ether oxygens (including phenoxy) is 1. The molecule has 0 atom stereocenters. The number of hydrogen-bond acceptors (Lipinski definition) is 4. The zero-order valence-corrected chi connectivity index (χ0v) is 16.1. The van der Waals surface area contributed by atoms with Gasteiger partial charge in [-0.2, -0.15) is 0 Å². The number of hydrogen-bond donors (Lipinski definition) is 1. The summed E-state index contributed by atoms with van der Waals surface area (Å²) in [7, 11) is 1.54. The van der Waals surface area contributed by atoms with E-state index in [4.69, 9.17) is 32.4 Å². The van der Waals surface area contributed by atoms with Crippen molar-refractivity contribution in [2.45, 2.75) is 20.0 Å². The molecule has 1 aromatic carbocycles. The van der Waals surface area contributed by atoms with Crippen LogP contribution in [-0.2, 0) is 16.1 Å². The van der Waals surface area contributed by atoms with E-state index in [9.17, 15) is 9.59 Å². The zero-order chi connectivity index (χ0) is 19.1. The summed E-state index contributed by atoms with van der Waals surface area (Å²) in [5, 5.41) is 3.48. The average Bonchev–Trinajstić information content (AvgIpc) is 3.05. The van der Waals surface area contributed by atoms with Gasteiger partial charge in [-0.05, 0) is 36.8 Å². The summed E-state index contributed by atoms with van der Waals surface area (Å²) in [5.74, 6) is -0.00114. The average molecular weight is 399 g/mol. The van der Waals surface area contributed by atoms with Crippen molar-refractivity contribution in [3.8, 4) is 0 Å². The Morgan fingerprint density at radius 1 is 1.23 bits per heavy atom. The number of carbonyl (C=O) groups is 2. The van der Waals surface area contributed by atoms with Crippen molar-refractivity contribution in [3.05, 3.63) is 51.9 Å². The lowest BCUT2D eigenvalue weighted by Gasteiger charge is -2.20. The number of benzene rings is 1. The van der Waals surface area contributed by atoms with Gasteiger partial charge in [-0.15, -0.1) is 0 Å². The Bertz CT molecular complexity index is 776. The monoisotopic (exact) mass is 398 g/mol. The van der Waals surface area contributed by atoms with Crippen LogP contribution in [0.1, 0.15) is 29.7 Å². The number of methoxy groups -OCH3 is 1. The minimum Gasteiger partial charge on any atom is -0.453 e. The Balaban J connectivity index is 2.05. The van der Waals surface area contributed by atoms with E-state index in [1.165, 1.54) is 11.0 Å². The van der Waals surface area contributed by atoms with Gasteiger partial charge in [-0.1, -0.05) is 30.1 Å². The molecule has 140 valence electrons. The molecule has 0 radical (unpaired) electrons. The Morgan fingerprint density at radius 2 is 2.00 bits per heavy atom.